The zero-order valence-electron chi connectivity index (χ0n) is 13.0. The molecule has 0 saturated carbocycles. The van der Waals surface area contributed by atoms with Gasteiger partial charge in [-0.1, -0.05) is 0 Å². The van der Waals surface area contributed by atoms with Crippen LogP contribution in [0.1, 0.15) is 25.7 Å². The second-order valence-corrected chi connectivity index (χ2v) is 5.82. The van der Waals surface area contributed by atoms with Crippen LogP contribution in [0, 0.1) is 28.6 Å². The normalized spacial score (nSPS) is 18.9. The number of rotatable bonds is 7. The first kappa shape index (κ1) is 16.2. The minimum atomic E-state index is -0.0731. The fraction of sp³-hybridized carbons (Fsp3) is 0.625. The van der Waals surface area contributed by atoms with Crippen molar-refractivity contribution < 1.29 is 0 Å². The van der Waals surface area contributed by atoms with E-state index in [0.717, 1.165) is 31.7 Å². The molecule has 2 rings (SSSR count). The molecular formula is C16H22N6. The maximum absolute atomic E-state index is 9.18. The first-order valence-electron chi connectivity index (χ1n) is 7.74. The van der Waals surface area contributed by atoms with Crippen molar-refractivity contribution in [2.75, 3.05) is 31.6 Å². The second-order valence-electron chi connectivity index (χ2n) is 5.82. The molecule has 0 radical (unpaired) electrons. The van der Waals surface area contributed by atoms with Gasteiger partial charge in [-0.3, -0.25) is 0 Å². The van der Waals surface area contributed by atoms with Gasteiger partial charge in [-0.05, 0) is 38.4 Å². The highest BCUT2D eigenvalue weighted by Crippen LogP contribution is 2.23. The molecule has 6 nitrogen and oxygen atoms in total. The van der Waals surface area contributed by atoms with E-state index in [1.165, 1.54) is 0 Å². The highest BCUT2D eigenvalue weighted by molar-refractivity contribution is 5.39. The Morgan fingerprint density at radius 2 is 2.36 bits per heavy atom. The third-order valence-electron chi connectivity index (χ3n) is 4.07. The highest BCUT2D eigenvalue weighted by atomic mass is 15.3. The Balaban J connectivity index is 1.89. The third-order valence-corrected chi connectivity index (χ3v) is 4.07. The molecule has 0 aromatic carbocycles. The molecule has 6 heteroatoms. The lowest BCUT2D eigenvalue weighted by Crippen LogP contribution is -2.40. The van der Waals surface area contributed by atoms with Gasteiger partial charge in [0, 0.05) is 38.3 Å². The minimum Gasteiger partial charge on any atom is -0.351 e. The van der Waals surface area contributed by atoms with Crippen LogP contribution in [0.5, 0.6) is 0 Å². The maximum Gasteiger partial charge on any atom is 0.151 e. The summed E-state index contributed by atoms with van der Waals surface area (Å²) < 4.78 is 0. The van der Waals surface area contributed by atoms with Gasteiger partial charge in [-0.25, -0.2) is 0 Å². The van der Waals surface area contributed by atoms with Crippen LogP contribution >= 0.6 is 0 Å². The molecule has 116 valence electrons. The fourth-order valence-corrected chi connectivity index (χ4v) is 3.02. The molecule has 0 bridgehead atoms. The first-order chi connectivity index (χ1) is 10.7. The molecule has 1 aromatic heterocycles. The topological polar surface area (TPSA) is 79.8 Å². The minimum absolute atomic E-state index is 0.0731. The predicted octanol–water partition coefficient (Wildman–Crippen LogP) is 1.82. The van der Waals surface area contributed by atoms with Crippen LogP contribution in [0.3, 0.4) is 0 Å². The maximum atomic E-state index is 9.18. The van der Waals surface area contributed by atoms with Crippen LogP contribution in [0.25, 0.3) is 0 Å². The van der Waals surface area contributed by atoms with Crippen molar-refractivity contribution in [2.45, 2.75) is 31.7 Å². The average Bonchev–Trinajstić information content (AvgIpc) is 3.00. The number of likely N-dealkylation sites (N-methyl/N-ethyl adjacent to an activating group) is 1. The summed E-state index contributed by atoms with van der Waals surface area (Å²) in [6, 6.07) is 8.74. The molecule has 0 unspecified atom stereocenters. The molecular weight excluding hydrogens is 276 g/mol. The van der Waals surface area contributed by atoms with E-state index in [1.54, 1.807) is 6.20 Å². The van der Waals surface area contributed by atoms with Crippen LogP contribution in [0.4, 0.5) is 5.82 Å². The molecule has 22 heavy (non-hydrogen) atoms. The van der Waals surface area contributed by atoms with Crippen molar-refractivity contribution in [3.8, 4) is 12.1 Å². The van der Waals surface area contributed by atoms with Crippen LogP contribution < -0.4 is 4.90 Å². The van der Waals surface area contributed by atoms with E-state index >= 15 is 0 Å². The van der Waals surface area contributed by atoms with Crippen molar-refractivity contribution in [1.82, 2.24) is 15.1 Å². The van der Waals surface area contributed by atoms with E-state index < -0.39 is 0 Å². The fourth-order valence-electron chi connectivity index (χ4n) is 3.02. The van der Waals surface area contributed by atoms with Gasteiger partial charge in [-0.15, -0.1) is 5.10 Å². The molecule has 2 heterocycles. The zero-order chi connectivity index (χ0) is 15.8. The quantitative estimate of drug-likeness (QED) is 0.764. The number of hydrogen-bond acceptors (Lipinski definition) is 6. The summed E-state index contributed by atoms with van der Waals surface area (Å²) in [5.74, 6) is 0.857. The number of nitriles is 2. The van der Waals surface area contributed by atoms with Crippen molar-refractivity contribution >= 4 is 5.82 Å². The smallest absolute Gasteiger partial charge is 0.151 e. The number of hydrogen-bond donors (Lipinski definition) is 0. The molecule has 1 aliphatic heterocycles. The first-order valence-corrected chi connectivity index (χ1v) is 7.74. The van der Waals surface area contributed by atoms with E-state index in [0.29, 0.717) is 25.4 Å². The Morgan fingerprint density at radius 1 is 1.50 bits per heavy atom. The molecule has 1 aliphatic rings. The third kappa shape index (κ3) is 4.41. The number of anilines is 1. The van der Waals surface area contributed by atoms with E-state index in [4.69, 9.17) is 5.26 Å². The van der Waals surface area contributed by atoms with Gasteiger partial charge in [0.15, 0.2) is 5.82 Å². The van der Waals surface area contributed by atoms with Crippen LogP contribution in [-0.2, 0) is 0 Å². The van der Waals surface area contributed by atoms with E-state index in [1.807, 2.05) is 19.2 Å². The summed E-state index contributed by atoms with van der Waals surface area (Å²) in [6.07, 6.45) is 5.08. The van der Waals surface area contributed by atoms with Crippen molar-refractivity contribution in [1.29, 1.82) is 10.5 Å². The lowest BCUT2D eigenvalue weighted by molar-refractivity contribution is 0.279. The molecule has 0 amide bonds. The summed E-state index contributed by atoms with van der Waals surface area (Å²) in [4.78, 5) is 4.50. The standard InChI is InChI=1S/C16H22N6/c1-21(12-14(11-18)5-2-8-17)13-15-6-4-10-22(15)16-7-3-9-19-20-16/h3,7,9,14-15H,2,4-6,10,12-13H2,1H3/t14-,15+/m0/s1. The summed E-state index contributed by atoms with van der Waals surface area (Å²) in [5, 5.41) is 26.0. The highest BCUT2D eigenvalue weighted by Gasteiger charge is 2.27. The van der Waals surface area contributed by atoms with Gasteiger partial charge in [0.05, 0.1) is 18.1 Å². The Morgan fingerprint density at radius 3 is 3.05 bits per heavy atom. The Kier molecular flexibility index (Phi) is 6.12. The molecule has 1 saturated heterocycles. The van der Waals surface area contributed by atoms with Gasteiger partial charge >= 0.3 is 0 Å². The van der Waals surface area contributed by atoms with Gasteiger partial charge < -0.3 is 9.80 Å². The predicted molar refractivity (Wildman–Crippen MR) is 83.8 cm³/mol. The Labute approximate surface area is 132 Å². The van der Waals surface area contributed by atoms with Crippen LogP contribution in [0.2, 0.25) is 0 Å². The summed E-state index contributed by atoms with van der Waals surface area (Å²) in [6.45, 7) is 2.62. The Hall–Kier alpha value is -2.18. The van der Waals surface area contributed by atoms with Gasteiger partial charge in [0.1, 0.15) is 0 Å². The summed E-state index contributed by atoms with van der Waals surface area (Å²) in [5.41, 5.74) is 0. The lowest BCUT2D eigenvalue weighted by atomic mass is 10.0. The van der Waals surface area contributed by atoms with Crippen LogP contribution in [0.15, 0.2) is 18.3 Å². The second kappa shape index (κ2) is 8.31. The molecule has 0 N–H and O–H groups in total. The Bertz CT molecular complexity index is 532. The van der Waals surface area contributed by atoms with Crippen molar-refractivity contribution in [2.24, 2.45) is 5.92 Å². The average molecular weight is 298 g/mol. The van der Waals surface area contributed by atoms with Crippen molar-refractivity contribution in [3.63, 3.8) is 0 Å². The van der Waals surface area contributed by atoms with Gasteiger partial charge in [-0.2, -0.15) is 15.6 Å². The number of aromatic nitrogens is 2. The molecule has 2 atom stereocenters. The molecule has 1 fully saturated rings. The van der Waals surface area contributed by atoms with Crippen molar-refractivity contribution in [3.05, 3.63) is 18.3 Å². The molecule has 1 aromatic rings. The zero-order valence-corrected chi connectivity index (χ0v) is 13.0. The van der Waals surface area contributed by atoms with E-state index in [-0.39, 0.29) is 5.92 Å². The largest absolute Gasteiger partial charge is 0.351 e. The summed E-state index contributed by atoms with van der Waals surface area (Å²) in [7, 11) is 2.05. The van der Waals surface area contributed by atoms with Gasteiger partial charge in [0.25, 0.3) is 0 Å². The monoisotopic (exact) mass is 298 g/mol. The van der Waals surface area contributed by atoms with Gasteiger partial charge in [0.2, 0.25) is 0 Å². The molecule has 0 spiro atoms. The SMILES string of the molecule is CN(C[C@H](C#N)CCC#N)C[C@H]1CCCN1c1cccnn1. The summed E-state index contributed by atoms with van der Waals surface area (Å²) >= 11 is 0. The van der Waals surface area contributed by atoms with Crippen LogP contribution in [-0.4, -0.2) is 47.8 Å². The molecule has 0 aliphatic carbocycles. The van der Waals surface area contributed by atoms with E-state index in [2.05, 4.69) is 32.1 Å². The lowest BCUT2D eigenvalue weighted by Gasteiger charge is -2.29. The number of nitrogens with zero attached hydrogens (tertiary/aromatic N) is 6. The van der Waals surface area contributed by atoms with E-state index in [9.17, 15) is 5.26 Å².